The SMILES string of the molecule is Cn1c(SCC(=O)NCc2ccc(Cl)cc2Cl)nc2sc3c(c2c1=O)CCCC3. The van der Waals surface area contributed by atoms with Crippen molar-refractivity contribution in [1.29, 1.82) is 0 Å². The molecule has 0 fully saturated rings. The van der Waals surface area contributed by atoms with Crippen LogP contribution in [0.5, 0.6) is 0 Å². The first-order valence-corrected chi connectivity index (χ1v) is 11.8. The molecular formula is C20H19Cl2N3O2S2. The molecule has 5 nitrogen and oxygen atoms in total. The van der Waals surface area contributed by atoms with Gasteiger partial charge in [-0.25, -0.2) is 4.98 Å². The average Bonchev–Trinajstić information content (AvgIpc) is 3.07. The van der Waals surface area contributed by atoms with Gasteiger partial charge >= 0.3 is 0 Å². The lowest BCUT2D eigenvalue weighted by Crippen LogP contribution is -2.26. The van der Waals surface area contributed by atoms with Crippen molar-refractivity contribution in [2.45, 2.75) is 37.4 Å². The quantitative estimate of drug-likeness (QED) is 0.440. The minimum absolute atomic E-state index is 0.0229. The molecule has 0 bridgehead atoms. The van der Waals surface area contributed by atoms with Gasteiger partial charge < -0.3 is 5.32 Å². The number of nitrogens with zero attached hydrogens (tertiary/aromatic N) is 2. The van der Waals surface area contributed by atoms with Crippen LogP contribution >= 0.6 is 46.3 Å². The van der Waals surface area contributed by atoms with Crippen LogP contribution in [0.25, 0.3) is 10.2 Å². The molecular weight excluding hydrogens is 449 g/mol. The molecule has 152 valence electrons. The summed E-state index contributed by atoms with van der Waals surface area (Å²) in [4.78, 5) is 31.9. The van der Waals surface area contributed by atoms with Gasteiger partial charge in [0.25, 0.3) is 5.56 Å². The molecule has 1 N–H and O–H groups in total. The summed E-state index contributed by atoms with van der Waals surface area (Å²) in [5, 5.41) is 5.23. The molecule has 0 aliphatic heterocycles. The van der Waals surface area contributed by atoms with Crippen LogP contribution in [0.3, 0.4) is 0 Å². The fourth-order valence-electron chi connectivity index (χ4n) is 3.44. The highest BCUT2D eigenvalue weighted by molar-refractivity contribution is 7.99. The molecule has 1 aliphatic carbocycles. The lowest BCUT2D eigenvalue weighted by atomic mass is 9.97. The van der Waals surface area contributed by atoms with Gasteiger partial charge in [-0.3, -0.25) is 14.2 Å². The van der Waals surface area contributed by atoms with Crippen molar-refractivity contribution >= 4 is 62.4 Å². The molecule has 2 aromatic heterocycles. The topological polar surface area (TPSA) is 64.0 Å². The molecule has 2 heterocycles. The standard InChI is InChI=1S/C20H19Cl2N3O2S2/c1-25-19(27)17-13-4-2-3-5-15(13)29-18(17)24-20(25)28-10-16(26)23-9-11-6-7-12(21)8-14(11)22/h6-8H,2-5,9-10H2,1H3,(H,23,26). The zero-order valence-corrected chi connectivity index (χ0v) is 18.9. The normalized spacial score (nSPS) is 13.5. The summed E-state index contributed by atoms with van der Waals surface area (Å²) in [5.41, 5.74) is 1.95. The average molecular weight is 468 g/mol. The molecule has 0 atom stereocenters. The van der Waals surface area contributed by atoms with Crippen LogP contribution in [-0.2, 0) is 31.2 Å². The number of hydrogen-bond acceptors (Lipinski definition) is 5. The number of hydrogen-bond donors (Lipinski definition) is 1. The number of carbonyl (C=O) groups excluding carboxylic acids is 1. The zero-order chi connectivity index (χ0) is 20.5. The molecule has 0 unspecified atom stereocenters. The monoisotopic (exact) mass is 467 g/mol. The Bertz CT molecular complexity index is 1160. The van der Waals surface area contributed by atoms with Crippen LogP contribution < -0.4 is 10.9 Å². The number of carbonyl (C=O) groups is 1. The Morgan fingerprint density at radius 3 is 2.90 bits per heavy atom. The number of benzene rings is 1. The van der Waals surface area contributed by atoms with Gasteiger partial charge in [-0.1, -0.05) is 41.0 Å². The van der Waals surface area contributed by atoms with Gasteiger partial charge in [-0.2, -0.15) is 0 Å². The predicted molar refractivity (Wildman–Crippen MR) is 121 cm³/mol. The van der Waals surface area contributed by atoms with Crippen LogP contribution in [0, 0.1) is 0 Å². The van der Waals surface area contributed by atoms with Gasteiger partial charge in [0, 0.05) is 28.5 Å². The van der Waals surface area contributed by atoms with E-state index in [-0.39, 0.29) is 17.2 Å². The number of thiophene rings is 1. The molecule has 0 saturated carbocycles. The molecule has 0 radical (unpaired) electrons. The van der Waals surface area contributed by atoms with Crippen LogP contribution in [0.15, 0.2) is 28.2 Å². The molecule has 4 rings (SSSR count). The summed E-state index contributed by atoms with van der Waals surface area (Å²) < 4.78 is 1.55. The van der Waals surface area contributed by atoms with Crippen molar-refractivity contribution in [2.24, 2.45) is 7.05 Å². The first-order valence-electron chi connectivity index (χ1n) is 9.28. The van der Waals surface area contributed by atoms with Gasteiger partial charge in [0.2, 0.25) is 5.91 Å². The maximum Gasteiger partial charge on any atom is 0.262 e. The minimum atomic E-state index is -0.152. The van der Waals surface area contributed by atoms with Crippen LogP contribution in [0.2, 0.25) is 10.0 Å². The summed E-state index contributed by atoms with van der Waals surface area (Å²) >= 11 is 14.9. The number of nitrogens with one attached hydrogen (secondary N) is 1. The van der Waals surface area contributed by atoms with Crippen molar-refractivity contribution in [3.63, 3.8) is 0 Å². The summed E-state index contributed by atoms with van der Waals surface area (Å²) in [5.74, 6) is 0.0167. The van der Waals surface area contributed by atoms with E-state index in [4.69, 9.17) is 23.2 Å². The third-order valence-corrected chi connectivity index (χ3v) is 7.78. The first-order chi connectivity index (χ1) is 13.9. The predicted octanol–water partition coefficient (Wildman–Crippen LogP) is 4.59. The van der Waals surface area contributed by atoms with E-state index >= 15 is 0 Å². The van der Waals surface area contributed by atoms with Gasteiger partial charge in [0.1, 0.15) is 4.83 Å². The van der Waals surface area contributed by atoms with Gasteiger partial charge in [0.15, 0.2) is 5.16 Å². The molecule has 1 aromatic carbocycles. The molecule has 29 heavy (non-hydrogen) atoms. The van der Waals surface area contributed by atoms with E-state index in [1.807, 2.05) is 0 Å². The van der Waals surface area contributed by atoms with Crippen molar-refractivity contribution in [3.05, 3.63) is 54.6 Å². The molecule has 0 spiro atoms. The second-order valence-electron chi connectivity index (χ2n) is 6.95. The molecule has 1 amide bonds. The summed E-state index contributed by atoms with van der Waals surface area (Å²) in [6, 6.07) is 5.17. The van der Waals surface area contributed by atoms with Crippen LogP contribution in [0.1, 0.15) is 28.8 Å². The smallest absolute Gasteiger partial charge is 0.262 e. The molecule has 0 saturated heterocycles. The number of thioether (sulfide) groups is 1. The largest absolute Gasteiger partial charge is 0.351 e. The van der Waals surface area contributed by atoms with E-state index in [9.17, 15) is 9.59 Å². The highest BCUT2D eigenvalue weighted by atomic mass is 35.5. The number of aryl methyl sites for hydroxylation is 2. The van der Waals surface area contributed by atoms with Crippen molar-refractivity contribution in [1.82, 2.24) is 14.9 Å². The Balaban J connectivity index is 1.46. The Labute approximate surface area is 186 Å². The second-order valence-corrected chi connectivity index (χ2v) is 9.82. The third-order valence-electron chi connectivity index (χ3n) is 4.98. The molecule has 9 heteroatoms. The van der Waals surface area contributed by atoms with Crippen LogP contribution in [0.4, 0.5) is 0 Å². The van der Waals surface area contributed by atoms with Gasteiger partial charge in [0.05, 0.1) is 11.1 Å². The zero-order valence-electron chi connectivity index (χ0n) is 15.8. The van der Waals surface area contributed by atoms with Crippen LogP contribution in [-0.4, -0.2) is 21.2 Å². The van der Waals surface area contributed by atoms with E-state index < -0.39 is 0 Å². The van der Waals surface area contributed by atoms with Crippen molar-refractivity contribution in [3.8, 4) is 0 Å². The van der Waals surface area contributed by atoms with E-state index in [0.29, 0.717) is 21.7 Å². The Morgan fingerprint density at radius 1 is 1.31 bits per heavy atom. The molecule has 3 aromatic rings. The maximum atomic E-state index is 12.9. The third kappa shape index (κ3) is 4.33. The van der Waals surface area contributed by atoms with Crippen molar-refractivity contribution in [2.75, 3.05) is 5.75 Å². The summed E-state index contributed by atoms with van der Waals surface area (Å²) in [6.45, 7) is 0.318. The number of aromatic nitrogens is 2. The number of halogens is 2. The van der Waals surface area contributed by atoms with E-state index in [2.05, 4.69) is 10.3 Å². The maximum absolute atomic E-state index is 12.9. The van der Waals surface area contributed by atoms with Gasteiger partial charge in [-0.15, -0.1) is 11.3 Å². The highest BCUT2D eigenvalue weighted by Crippen LogP contribution is 2.34. The lowest BCUT2D eigenvalue weighted by Gasteiger charge is -2.11. The van der Waals surface area contributed by atoms with E-state index in [1.165, 1.54) is 28.6 Å². The number of rotatable bonds is 5. The lowest BCUT2D eigenvalue weighted by molar-refractivity contribution is -0.118. The summed E-state index contributed by atoms with van der Waals surface area (Å²) in [7, 11) is 1.72. The Hall–Kier alpha value is -1.54. The minimum Gasteiger partial charge on any atom is -0.351 e. The summed E-state index contributed by atoms with van der Waals surface area (Å²) in [6.07, 6.45) is 4.27. The van der Waals surface area contributed by atoms with E-state index in [1.54, 1.807) is 41.2 Å². The number of amides is 1. The van der Waals surface area contributed by atoms with E-state index in [0.717, 1.165) is 35.0 Å². The Kier molecular flexibility index (Phi) is 6.20. The number of fused-ring (bicyclic) bond motifs is 3. The fraction of sp³-hybridized carbons (Fsp3) is 0.350. The second kappa shape index (κ2) is 8.68. The van der Waals surface area contributed by atoms with Crippen molar-refractivity contribution < 1.29 is 4.79 Å². The molecule has 1 aliphatic rings. The first kappa shape index (κ1) is 20.7. The highest BCUT2D eigenvalue weighted by Gasteiger charge is 2.21. The van der Waals surface area contributed by atoms with Gasteiger partial charge in [-0.05, 0) is 48.9 Å². The Morgan fingerprint density at radius 2 is 2.10 bits per heavy atom. The fourth-order valence-corrected chi connectivity index (χ4v) is 6.02.